The number of hydrogen-bond acceptors (Lipinski definition) is 7. The van der Waals surface area contributed by atoms with E-state index in [-0.39, 0.29) is 0 Å². The molecule has 0 amide bonds. The lowest BCUT2D eigenvalue weighted by atomic mass is 9.96. The fourth-order valence-corrected chi connectivity index (χ4v) is 3.98. The molecule has 124 valence electrons. The highest BCUT2D eigenvalue weighted by Crippen LogP contribution is 2.31. The van der Waals surface area contributed by atoms with Gasteiger partial charge in [0.15, 0.2) is 0 Å². The SMILES string of the molecule is Nc1nc(CSc2nnnn2C2CCCCC2)nc2ccccc12. The Hall–Kier alpha value is -2.22. The van der Waals surface area contributed by atoms with Crippen molar-refractivity contribution in [1.29, 1.82) is 0 Å². The number of fused-ring (bicyclic) bond motifs is 1. The van der Waals surface area contributed by atoms with Crippen molar-refractivity contribution in [3.63, 3.8) is 0 Å². The number of thioether (sulfide) groups is 1. The average Bonchev–Trinajstić information content (AvgIpc) is 3.09. The number of anilines is 1. The molecule has 2 aromatic heterocycles. The first kappa shape index (κ1) is 15.3. The molecule has 2 N–H and O–H groups in total. The van der Waals surface area contributed by atoms with Crippen molar-refractivity contribution in [2.75, 3.05) is 5.73 Å². The van der Waals surface area contributed by atoms with Gasteiger partial charge >= 0.3 is 0 Å². The Labute approximate surface area is 144 Å². The number of rotatable bonds is 4. The van der Waals surface area contributed by atoms with Crippen LogP contribution in [-0.2, 0) is 5.75 Å². The summed E-state index contributed by atoms with van der Waals surface area (Å²) in [7, 11) is 0. The number of nitrogen functional groups attached to an aromatic ring is 1. The van der Waals surface area contributed by atoms with Gasteiger partial charge in [-0.2, -0.15) is 0 Å². The molecule has 4 rings (SSSR count). The Morgan fingerprint density at radius 3 is 2.83 bits per heavy atom. The van der Waals surface area contributed by atoms with E-state index in [1.807, 2.05) is 28.9 Å². The van der Waals surface area contributed by atoms with Crippen LogP contribution in [0.2, 0.25) is 0 Å². The zero-order valence-corrected chi connectivity index (χ0v) is 14.1. The Morgan fingerprint density at radius 2 is 1.96 bits per heavy atom. The van der Waals surface area contributed by atoms with Gasteiger partial charge in [0.25, 0.3) is 0 Å². The largest absolute Gasteiger partial charge is 0.383 e. The number of para-hydroxylation sites is 1. The van der Waals surface area contributed by atoms with Gasteiger partial charge in [0.05, 0.1) is 17.3 Å². The smallest absolute Gasteiger partial charge is 0.210 e. The van der Waals surface area contributed by atoms with E-state index in [1.54, 1.807) is 11.8 Å². The van der Waals surface area contributed by atoms with Crippen molar-refractivity contribution in [2.24, 2.45) is 0 Å². The van der Waals surface area contributed by atoms with E-state index >= 15 is 0 Å². The molecule has 1 fully saturated rings. The Bertz CT molecular complexity index is 841. The third-order valence-corrected chi connectivity index (χ3v) is 5.32. The molecule has 0 bridgehead atoms. The first-order valence-electron chi connectivity index (χ1n) is 8.23. The summed E-state index contributed by atoms with van der Waals surface area (Å²) < 4.78 is 1.97. The summed E-state index contributed by atoms with van der Waals surface area (Å²) in [6.07, 6.45) is 6.11. The molecule has 3 aromatic rings. The highest BCUT2D eigenvalue weighted by atomic mass is 32.2. The summed E-state index contributed by atoms with van der Waals surface area (Å²) in [6, 6.07) is 8.20. The molecule has 0 radical (unpaired) electrons. The van der Waals surface area contributed by atoms with Gasteiger partial charge in [0.1, 0.15) is 11.6 Å². The van der Waals surface area contributed by atoms with Crippen molar-refractivity contribution < 1.29 is 0 Å². The number of nitrogens with two attached hydrogens (primary N) is 1. The standard InChI is InChI=1S/C16H19N7S/c17-15-12-8-4-5-9-13(12)18-14(19-15)10-24-16-20-21-22-23(16)11-6-2-1-3-7-11/h4-5,8-9,11H,1-3,6-7,10H2,(H2,17,18,19). The molecule has 0 unspecified atom stereocenters. The second-order valence-corrected chi connectivity index (χ2v) is 6.97. The molecular weight excluding hydrogens is 322 g/mol. The summed E-state index contributed by atoms with van der Waals surface area (Å²) in [5.41, 5.74) is 6.91. The van der Waals surface area contributed by atoms with Crippen LogP contribution in [0, 0.1) is 0 Å². The summed E-state index contributed by atoms with van der Waals surface area (Å²) in [4.78, 5) is 9.00. The van der Waals surface area contributed by atoms with Crippen LogP contribution in [-0.4, -0.2) is 30.2 Å². The van der Waals surface area contributed by atoms with Gasteiger partial charge < -0.3 is 5.73 Å². The van der Waals surface area contributed by atoms with Crippen LogP contribution in [0.1, 0.15) is 44.0 Å². The maximum absolute atomic E-state index is 6.05. The zero-order valence-electron chi connectivity index (χ0n) is 13.3. The molecular formula is C16H19N7S. The lowest BCUT2D eigenvalue weighted by molar-refractivity contribution is 0.307. The summed E-state index contributed by atoms with van der Waals surface area (Å²) in [5, 5.41) is 13.9. The Kier molecular flexibility index (Phi) is 4.29. The third-order valence-electron chi connectivity index (χ3n) is 4.39. The van der Waals surface area contributed by atoms with E-state index in [9.17, 15) is 0 Å². The van der Waals surface area contributed by atoms with Crippen LogP contribution in [0.15, 0.2) is 29.4 Å². The first-order chi connectivity index (χ1) is 11.8. The monoisotopic (exact) mass is 341 g/mol. The van der Waals surface area contributed by atoms with Gasteiger partial charge in [-0.05, 0) is 35.4 Å². The molecule has 0 spiro atoms. The molecule has 0 atom stereocenters. The average molecular weight is 341 g/mol. The van der Waals surface area contributed by atoms with Crippen molar-refractivity contribution in [1.82, 2.24) is 30.2 Å². The predicted octanol–water partition coefficient (Wildman–Crippen LogP) is 3.00. The minimum Gasteiger partial charge on any atom is -0.383 e. The summed E-state index contributed by atoms with van der Waals surface area (Å²) in [6.45, 7) is 0. The molecule has 0 aliphatic heterocycles. The highest BCUT2D eigenvalue weighted by molar-refractivity contribution is 7.98. The molecule has 7 nitrogen and oxygen atoms in total. The second-order valence-electron chi connectivity index (χ2n) is 6.03. The molecule has 1 saturated carbocycles. The highest BCUT2D eigenvalue weighted by Gasteiger charge is 2.20. The minimum atomic E-state index is 0.416. The third kappa shape index (κ3) is 3.06. The van der Waals surface area contributed by atoms with Crippen molar-refractivity contribution in [3.8, 4) is 0 Å². The van der Waals surface area contributed by atoms with Gasteiger partial charge in [-0.1, -0.05) is 43.2 Å². The minimum absolute atomic E-state index is 0.416. The topological polar surface area (TPSA) is 95.4 Å². The number of hydrogen-bond donors (Lipinski definition) is 1. The Balaban J connectivity index is 1.52. The first-order valence-corrected chi connectivity index (χ1v) is 9.21. The summed E-state index contributed by atoms with van der Waals surface area (Å²) in [5.74, 6) is 1.82. The maximum atomic E-state index is 6.05. The van der Waals surface area contributed by atoms with Crippen LogP contribution in [0.5, 0.6) is 0 Å². The van der Waals surface area contributed by atoms with Crippen LogP contribution < -0.4 is 5.73 Å². The zero-order chi connectivity index (χ0) is 16.4. The number of benzene rings is 1. The molecule has 2 heterocycles. The fourth-order valence-electron chi connectivity index (χ4n) is 3.18. The molecule has 1 aliphatic carbocycles. The van der Waals surface area contributed by atoms with Crippen LogP contribution in [0.3, 0.4) is 0 Å². The molecule has 1 aliphatic rings. The predicted molar refractivity (Wildman–Crippen MR) is 93.5 cm³/mol. The molecule has 1 aromatic carbocycles. The van der Waals surface area contributed by atoms with Gasteiger partial charge in [-0.25, -0.2) is 14.6 Å². The van der Waals surface area contributed by atoms with E-state index in [0.29, 0.717) is 23.4 Å². The number of aromatic nitrogens is 6. The van der Waals surface area contributed by atoms with Crippen molar-refractivity contribution >= 4 is 28.5 Å². The maximum Gasteiger partial charge on any atom is 0.210 e. The quantitative estimate of drug-likeness (QED) is 0.729. The van der Waals surface area contributed by atoms with Gasteiger partial charge in [-0.15, -0.1) is 5.10 Å². The van der Waals surface area contributed by atoms with Crippen LogP contribution in [0.4, 0.5) is 5.82 Å². The molecule has 24 heavy (non-hydrogen) atoms. The van der Waals surface area contributed by atoms with E-state index < -0.39 is 0 Å². The number of nitrogens with zero attached hydrogens (tertiary/aromatic N) is 6. The summed E-state index contributed by atoms with van der Waals surface area (Å²) >= 11 is 1.56. The lowest BCUT2D eigenvalue weighted by Crippen LogP contribution is -2.15. The fraction of sp³-hybridized carbons (Fsp3) is 0.438. The van der Waals surface area contributed by atoms with Crippen LogP contribution >= 0.6 is 11.8 Å². The van der Waals surface area contributed by atoms with Crippen molar-refractivity contribution in [3.05, 3.63) is 30.1 Å². The van der Waals surface area contributed by atoms with E-state index in [0.717, 1.165) is 28.9 Å². The van der Waals surface area contributed by atoms with E-state index in [4.69, 9.17) is 5.73 Å². The van der Waals surface area contributed by atoms with E-state index in [2.05, 4.69) is 25.5 Å². The number of tetrazole rings is 1. The Morgan fingerprint density at radius 1 is 1.12 bits per heavy atom. The van der Waals surface area contributed by atoms with Gasteiger partial charge in [0, 0.05) is 5.39 Å². The molecule has 0 saturated heterocycles. The lowest BCUT2D eigenvalue weighted by Gasteiger charge is -2.21. The van der Waals surface area contributed by atoms with Gasteiger partial charge in [-0.3, -0.25) is 0 Å². The molecule has 8 heteroatoms. The second kappa shape index (κ2) is 6.72. The van der Waals surface area contributed by atoms with E-state index in [1.165, 1.54) is 19.3 Å². The van der Waals surface area contributed by atoms with Gasteiger partial charge in [0.2, 0.25) is 5.16 Å². The normalized spacial score (nSPS) is 15.8. The van der Waals surface area contributed by atoms with Crippen LogP contribution in [0.25, 0.3) is 10.9 Å². The van der Waals surface area contributed by atoms with Crippen molar-refractivity contribution in [2.45, 2.75) is 49.1 Å².